The van der Waals surface area contributed by atoms with Crippen molar-refractivity contribution < 1.29 is 14.3 Å². The molecular formula is C22H23N3O3. The van der Waals surface area contributed by atoms with Crippen LogP contribution in [0.15, 0.2) is 66.4 Å². The van der Waals surface area contributed by atoms with Gasteiger partial charge in [-0.3, -0.25) is 4.79 Å². The van der Waals surface area contributed by atoms with Crippen molar-refractivity contribution in [3.8, 4) is 6.07 Å². The second-order valence-corrected chi connectivity index (χ2v) is 6.03. The number of para-hydroxylation sites is 1. The quantitative estimate of drug-likeness (QED) is 0.300. The minimum absolute atomic E-state index is 0.0925. The maximum absolute atomic E-state index is 12.4. The number of unbranched alkanes of at least 4 members (excludes halogenated alkanes) is 1. The van der Waals surface area contributed by atoms with Crippen molar-refractivity contribution in [3.63, 3.8) is 0 Å². The number of benzene rings is 2. The van der Waals surface area contributed by atoms with Gasteiger partial charge in [0.2, 0.25) is 0 Å². The fourth-order valence-electron chi connectivity index (χ4n) is 2.36. The van der Waals surface area contributed by atoms with Crippen molar-refractivity contribution in [2.45, 2.75) is 26.3 Å². The van der Waals surface area contributed by atoms with Crippen LogP contribution in [0.3, 0.4) is 0 Å². The fourth-order valence-corrected chi connectivity index (χ4v) is 2.36. The summed E-state index contributed by atoms with van der Waals surface area (Å²) in [4.78, 5) is 24.7. The van der Waals surface area contributed by atoms with E-state index in [0.29, 0.717) is 18.8 Å². The Kier molecular flexibility index (Phi) is 8.28. The summed E-state index contributed by atoms with van der Waals surface area (Å²) >= 11 is 0. The zero-order valence-corrected chi connectivity index (χ0v) is 15.8. The topological polar surface area (TPSA) is 91.2 Å². The van der Waals surface area contributed by atoms with Gasteiger partial charge < -0.3 is 15.4 Å². The number of esters is 1. The first-order valence-electron chi connectivity index (χ1n) is 9.10. The third-order valence-electron chi connectivity index (χ3n) is 3.89. The molecule has 0 radical (unpaired) electrons. The van der Waals surface area contributed by atoms with Gasteiger partial charge in [0.25, 0.3) is 5.91 Å². The summed E-state index contributed by atoms with van der Waals surface area (Å²) in [6.07, 6.45) is 3.05. The van der Waals surface area contributed by atoms with E-state index in [-0.39, 0.29) is 11.1 Å². The van der Waals surface area contributed by atoms with Gasteiger partial charge in [0.1, 0.15) is 11.6 Å². The Labute approximate surface area is 164 Å². The first-order chi connectivity index (χ1) is 13.7. The predicted octanol–water partition coefficient (Wildman–Crippen LogP) is 3.78. The van der Waals surface area contributed by atoms with E-state index in [9.17, 15) is 14.9 Å². The normalized spacial score (nSPS) is 10.6. The van der Waals surface area contributed by atoms with Crippen molar-refractivity contribution in [1.29, 1.82) is 5.26 Å². The third-order valence-corrected chi connectivity index (χ3v) is 3.89. The molecule has 2 aromatic rings. The molecule has 2 aromatic carbocycles. The molecule has 0 aromatic heterocycles. The van der Waals surface area contributed by atoms with Gasteiger partial charge in [-0.1, -0.05) is 55.8 Å². The van der Waals surface area contributed by atoms with Crippen LogP contribution >= 0.6 is 0 Å². The van der Waals surface area contributed by atoms with Gasteiger partial charge in [-0.15, -0.1) is 0 Å². The highest BCUT2D eigenvalue weighted by Gasteiger charge is 2.16. The number of anilines is 1. The number of hydrogen-bond acceptors (Lipinski definition) is 5. The smallest absolute Gasteiger partial charge is 0.340 e. The number of carbonyl (C=O) groups excluding carboxylic acids is 2. The van der Waals surface area contributed by atoms with Crippen molar-refractivity contribution in [3.05, 3.63) is 77.5 Å². The van der Waals surface area contributed by atoms with Crippen LogP contribution in [-0.2, 0) is 16.1 Å². The molecular weight excluding hydrogens is 354 g/mol. The standard InChI is InChI=1S/C22H23N3O3/c1-2-3-13-28-22(27)19-11-7-8-12-20(19)25-21(26)18(14-23)16-24-15-17-9-5-4-6-10-17/h4-12,16,24H,2-3,13,15H2,1H3,(H,25,26)/b18-16-. The Morgan fingerprint density at radius 1 is 1.11 bits per heavy atom. The molecule has 0 aliphatic heterocycles. The number of nitriles is 1. The summed E-state index contributed by atoms with van der Waals surface area (Å²) in [5, 5.41) is 14.8. The van der Waals surface area contributed by atoms with Gasteiger partial charge in [0, 0.05) is 12.7 Å². The van der Waals surface area contributed by atoms with Crippen LogP contribution in [0.5, 0.6) is 0 Å². The third kappa shape index (κ3) is 6.29. The molecule has 6 nitrogen and oxygen atoms in total. The average Bonchev–Trinajstić information content (AvgIpc) is 2.72. The summed E-state index contributed by atoms with van der Waals surface area (Å²) < 4.78 is 5.21. The Bertz CT molecular complexity index is 870. The molecule has 0 spiro atoms. The number of hydrogen-bond donors (Lipinski definition) is 2. The minimum Gasteiger partial charge on any atom is -0.462 e. The first-order valence-corrected chi connectivity index (χ1v) is 9.10. The lowest BCUT2D eigenvalue weighted by atomic mass is 10.1. The van der Waals surface area contributed by atoms with E-state index < -0.39 is 11.9 Å². The summed E-state index contributed by atoms with van der Waals surface area (Å²) in [7, 11) is 0. The minimum atomic E-state index is -0.600. The van der Waals surface area contributed by atoms with E-state index in [1.165, 1.54) is 6.20 Å². The molecule has 6 heteroatoms. The number of rotatable bonds is 9. The van der Waals surface area contributed by atoms with Gasteiger partial charge >= 0.3 is 5.97 Å². The Balaban J connectivity index is 2.03. The molecule has 28 heavy (non-hydrogen) atoms. The molecule has 0 bridgehead atoms. The Morgan fingerprint density at radius 3 is 2.54 bits per heavy atom. The fraction of sp³-hybridized carbons (Fsp3) is 0.227. The molecule has 0 saturated heterocycles. The summed E-state index contributed by atoms with van der Waals surface area (Å²) in [6.45, 7) is 2.81. The molecule has 2 N–H and O–H groups in total. The molecule has 2 rings (SSSR count). The highest BCUT2D eigenvalue weighted by molar-refractivity contribution is 6.09. The molecule has 0 aliphatic carbocycles. The Morgan fingerprint density at radius 2 is 1.82 bits per heavy atom. The van der Waals surface area contributed by atoms with Crippen molar-refractivity contribution in [2.75, 3.05) is 11.9 Å². The zero-order valence-electron chi connectivity index (χ0n) is 15.8. The second kappa shape index (κ2) is 11.2. The Hall–Kier alpha value is -3.59. The van der Waals surface area contributed by atoms with E-state index in [2.05, 4.69) is 10.6 Å². The molecule has 0 atom stereocenters. The van der Waals surface area contributed by atoms with E-state index in [0.717, 1.165) is 18.4 Å². The van der Waals surface area contributed by atoms with Gasteiger partial charge in [0.15, 0.2) is 0 Å². The SMILES string of the molecule is CCCCOC(=O)c1ccccc1NC(=O)/C(C#N)=C\NCc1ccccc1. The maximum atomic E-state index is 12.4. The van der Waals surface area contributed by atoms with E-state index in [4.69, 9.17) is 4.74 Å². The highest BCUT2D eigenvalue weighted by atomic mass is 16.5. The van der Waals surface area contributed by atoms with Crippen molar-refractivity contribution >= 4 is 17.6 Å². The summed E-state index contributed by atoms with van der Waals surface area (Å²) in [6, 6.07) is 18.0. The van der Waals surface area contributed by atoms with Crippen LogP contribution in [0, 0.1) is 11.3 Å². The van der Waals surface area contributed by atoms with Crippen LogP contribution in [0.1, 0.15) is 35.7 Å². The first kappa shape index (κ1) is 20.7. The molecule has 0 saturated carbocycles. The monoisotopic (exact) mass is 377 g/mol. The molecule has 1 amide bonds. The lowest BCUT2D eigenvalue weighted by Gasteiger charge is -2.10. The maximum Gasteiger partial charge on any atom is 0.340 e. The number of carbonyl (C=O) groups is 2. The van der Waals surface area contributed by atoms with Gasteiger partial charge in [-0.2, -0.15) is 5.26 Å². The second-order valence-electron chi connectivity index (χ2n) is 6.03. The lowest BCUT2D eigenvalue weighted by molar-refractivity contribution is -0.112. The van der Waals surface area contributed by atoms with Gasteiger partial charge in [-0.25, -0.2) is 4.79 Å². The van der Waals surface area contributed by atoms with Crippen LogP contribution in [0.2, 0.25) is 0 Å². The largest absolute Gasteiger partial charge is 0.462 e. The van der Waals surface area contributed by atoms with Crippen LogP contribution in [0.4, 0.5) is 5.69 Å². The van der Waals surface area contributed by atoms with E-state index in [1.54, 1.807) is 24.3 Å². The van der Waals surface area contributed by atoms with Crippen molar-refractivity contribution in [1.82, 2.24) is 5.32 Å². The van der Waals surface area contributed by atoms with Crippen molar-refractivity contribution in [2.24, 2.45) is 0 Å². The summed E-state index contributed by atoms with van der Waals surface area (Å²) in [5.74, 6) is -1.11. The molecule has 0 aliphatic rings. The number of amides is 1. The van der Waals surface area contributed by atoms with Gasteiger partial charge in [-0.05, 0) is 24.1 Å². The van der Waals surface area contributed by atoms with Crippen LogP contribution in [-0.4, -0.2) is 18.5 Å². The van der Waals surface area contributed by atoms with Crippen LogP contribution in [0.25, 0.3) is 0 Å². The van der Waals surface area contributed by atoms with Crippen LogP contribution < -0.4 is 10.6 Å². The molecule has 0 heterocycles. The lowest BCUT2D eigenvalue weighted by Crippen LogP contribution is -2.19. The molecule has 144 valence electrons. The molecule has 0 fully saturated rings. The van der Waals surface area contributed by atoms with E-state index >= 15 is 0 Å². The number of ether oxygens (including phenoxy) is 1. The highest BCUT2D eigenvalue weighted by Crippen LogP contribution is 2.17. The average molecular weight is 377 g/mol. The summed E-state index contributed by atoms with van der Waals surface area (Å²) in [5.41, 5.74) is 1.49. The molecule has 0 unspecified atom stereocenters. The predicted molar refractivity (Wildman–Crippen MR) is 107 cm³/mol. The zero-order chi connectivity index (χ0) is 20.2. The number of nitrogens with zero attached hydrogens (tertiary/aromatic N) is 1. The number of nitrogens with one attached hydrogen (secondary N) is 2. The van der Waals surface area contributed by atoms with Gasteiger partial charge in [0.05, 0.1) is 17.9 Å². The van der Waals surface area contributed by atoms with E-state index in [1.807, 2.05) is 43.3 Å².